The fourth-order valence-electron chi connectivity index (χ4n) is 1.04. The molecule has 0 radical (unpaired) electrons. The van der Waals surface area contributed by atoms with Crippen LogP contribution in [-0.2, 0) is 0 Å². The summed E-state index contributed by atoms with van der Waals surface area (Å²) in [6.45, 7) is 1.53. The highest BCUT2D eigenvalue weighted by Gasteiger charge is 2.06. The van der Waals surface area contributed by atoms with Gasteiger partial charge in [-0.2, -0.15) is 4.98 Å². The first-order chi connectivity index (χ1) is 5.70. The van der Waals surface area contributed by atoms with Crippen molar-refractivity contribution in [3.8, 4) is 5.88 Å². The molecular formula is C7H7N3O2. The molecular weight excluding hydrogens is 158 g/mol. The van der Waals surface area contributed by atoms with Crippen LogP contribution in [-0.4, -0.2) is 19.5 Å². The number of aromatic hydroxyl groups is 1. The minimum Gasteiger partial charge on any atom is -0.493 e. The minimum atomic E-state index is -0.251. The van der Waals surface area contributed by atoms with Crippen LogP contribution in [0.4, 0.5) is 0 Å². The lowest BCUT2D eigenvalue weighted by atomic mass is 10.4. The summed E-state index contributed by atoms with van der Waals surface area (Å²) in [5.74, 6) is 0.130. The first kappa shape index (κ1) is 6.90. The molecule has 0 amide bonds. The summed E-state index contributed by atoms with van der Waals surface area (Å²) >= 11 is 0. The fraction of sp³-hybridized carbons (Fsp3) is 0.143. The third-order valence-corrected chi connectivity index (χ3v) is 1.75. The van der Waals surface area contributed by atoms with E-state index >= 15 is 0 Å². The molecule has 5 heteroatoms. The van der Waals surface area contributed by atoms with E-state index in [0.717, 1.165) is 0 Å². The maximum absolute atomic E-state index is 11.4. The number of hydrogen-bond donors (Lipinski definition) is 2. The van der Waals surface area contributed by atoms with Crippen LogP contribution in [0.1, 0.15) is 5.56 Å². The minimum absolute atomic E-state index is 0.220. The smallest absolute Gasteiger partial charge is 0.265 e. The Kier molecular flexibility index (Phi) is 1.21. The summed E-state index contributed by atoms with van der Waals surface area (Å²) in [4.78, 5) is 17.8. The Bertz CT molecular complexity index is 483. The van der Waals surface area contributed by atoms with Crippen LogP contribution in [0.15, 0.2) is 17.2 Å². The second-order valence-electron chi connectivity index (χ2n) is 2.52. The first-order valence-electron chi connectivity index (χ1n) is 3.45. The monoisotopic (exact) mass is 165 g/mol. The van der Waals surface area contributed by atoms with Crippen LogP contribution in [0, 0.1) is 6.92 Å². The lowest BCUT2D eigenvalue weighted by Gasteiger charge is -1.96. The van der Waals surface area contributed by atoms with E-state index in [2.05, 4.69) is 9.97 Å². The molecule has 0 fully saturated rings. The van der Waals surface area contributed by atoms with Gasteiger partial charge in [-0.25, -0.2) is 0 Å². The summed E-state index contributed by atoms with van der Waals surface area (Å²) in [6, 6.07) is 0. The van der Waals surface area contributed by atoms with Gasteiger partial charge in [-0.3, -0.25) is 9.20 Å². The van der Waals surface area contributed by atoms with Crippen molar-refractivity contribution in [2.45, 2.75) is 6.92 Å². The van der Waals surface area contributed by atoms with Gasteiger partial charge in [0, 0.05) is 12.4 Å². The van der Waals surface area contributed by atoms with Gasteiger partial charge in [0.05, 0.1) is 5.56 Å². The summed E-state index contributed by atoms with van der Waals surface area (Å²) < 4.78 is 1.34. The van der Waals surface area contributed by atoms with Gasteiger partial charge in [-0.15, -0.1) is 0 Å². The lowest BCUT2D eigenvalue weighted by Crippen LogP contribution is -2.15. The Hall–Kier alpha value is -1.78. The van der Waals surface area contributed by atoms with Crippen LogP contribution in [0.25, 0.3) is 5.78 Å². The number of hydrogen-bond acceptors (Lipinski definition) is 3. The molecule has 5 nitrogen and oxygen atoms in total. The van der Waals surface area contributed by atoms with E-state index in [9.17, 15) is 9.90 Å². The Morgan fingerprint density at radius 2 is 2.42 bits per heavy atom. The van der Waals surface area contributed by atoms with Gasteiger partial charge >= 0.3 is 0 Å². The van der Waals surface area contributed by atoms with Crippen molar-refractivity contribution in [1.82, 2.24) is 14.4 Å². The van der Waals surface area contributed by atoms with Gasteiger partial charge in [0.1, 0.15) is 0 Å². The molecule has 2 aromatic rings. The molecule has 0 atom stereocenters. The molecule has 2 aromatic heterocycles. The predicted molar refractivity (Wildman–Crippen MR) is 42.2 cm³/mol. The van der Waals surface area contributed by atoms with Crippen molar-refractivity contribution in [2.75, 3.05) is 0 Å². The molecule has 62 valence electrons. The number of fused-ring (bicyclic) bond motifs is 1. The van der Waals surface area contributed by atoms with E-state index in [4.69, 9.17) is 0 Å². The van der Waals surface area contributed by atoms with E-state index in [-0.39, 0.29) is 17.0 Å². The van der Waals surface area contributed by atoms with Crippen LogP contribution >= 0.6 is 0 Å². The van der Waals surface area contributed by atoms with Crippen molar-refractivity contribution < 1.29 is 5.11 Å². The second-order valence-corrected chi connectivity index (χ2v) is 2.52. The van der Waals surface area contributed by atoms with E-state index in [1.165, 1.54) is 11.3 Å². The molecule has 2 rings (SSSR count). The zero-order valence-electron chi connectivity index (χ0n) is 6.40. The highest BCUT2D eigenvalue weighted by molar-refractivity contribution is 5.34. The van der Waals surface area contributed by atoms with Gasteiger partial charge in [0.25, 0.3) is 5.56 Å². The summed E-state index contributed by atoms with van der Waals surface area (Å²) in [5, 5.41) is 9.17. The number of nitrogens with one attached hydrogen (secondary N) is 1. The first-order valence-corrected chi connectivity index (χ1v) is 3.45. The van der Waals surface area contributed by atoms with E-state index in [0.29, 0.717) is 5.78 Å². The molecule has 0 aromatic carbocycles. The lowest BCUT2D eigenvalue weighted by molar-refractivity contribution is 0.447. The highest BCUT2D eigenvalue weighted by Crippen LogP contribution is 2.07. The summed E-state index contributed by atoms with van der Waals surface area (Å²) in [7, 11) is 0. The molecule has 0 bridgehead atoms. The highest BCUT2D eigenvalue weighted by atomic mass is 16.3. The summed E-state index contributed by atoms with van der Waals surface area (Å²) in [5.41, 5.74) is 0.00542. The van der Waals surface area contributed by atoms with E-state index in [1.807, 2.05) is 0 Å². The zero-order chi connectivity index (χ0) is 8.72. The number of nitrogens with zero attached hydrogens (tertiary/aromatic N) is 2. The van der Waals surface area contributed by atoms with E-state index in [1.54, 1.807) is 12.4 Å². The van der Waals surface area contributed by atoms with Crippen LogP contribution in [0.5, 0.6) is 5.88 Å². The Morgan fingerprint density at radius 3 is 3.17 bits per heavy atom. The maximum atomic E-state index is 11.4. The van der Waals surface area contributed by atoms with E-state index < -0.39 is 0 Å². The van der Waals surface area contributed by atoms with Gasteiger partial charge in [-0.05, 0) is 6.92 Å². The largest absolute Gasteiger partial charge is 0.493 e. The molecule has 0 spiro atoms. The predicted octanol–water partition coefficient (Wildman–Crippen LogP) is 0.0366. The van der Waals surface area contributed by atoms with Crippen LogP contribution < -0.4 is 5.56 Å². The molecule has 0 aliphatic rings. The average molecular weight is 165 g/mol. The SMILES string of the molecule is Cc1c(O)nc2[nH]ccn2c1=O. The quantitative estimate of drug-likeness (QED) is 0.578. The third-order valence-electron chi connectivity index (χ3n) is 1.75. The van der Waals surface area contributed by atoms with Crippen LogP contribution in [0.2, 0.25) is 0 Å². The molecule has 0 aliphatic carbocycles. The molecule has 0 aliphatic heterocycles. The number of H-pyrrole nitrogens is 1. The zero-order valence-corrected chi connectivity index (χ0v) is 6.40. The molecule has 2 heterocycles. The van der Waals surface area contributed by atoms with Crippen molar-refractivity contribution in [1.29, 1.82) is 0 Å². The molecule has 2 N–H and O–H groups in total. The number of imidazole rings is 1. The second kappa shape index (κ2) is 2.10. The van der Waals surface area contributed by atoms with Gasteiger partial charge in [0.2, 0.25) is 11.7 Å². The van der Waals surface area contributed by atoms with Gasteiger partial charge in [-0.1, -0.05) is 0 Å². The molecule has 12 heavy (non-hydrogen) atoms. The normalized spacial score (nSPS) is 10.8. The Labute approximate surface area is 67.3 Å². The third kappa shape index (κ3) is 0.730. The van der Waals surface area contributed by atoms with Crippen molar-refractivity contribution in [3.63, 3.8) is 0 Å². The Morgan fingerprint density at radius 1 is 1.67 bits per heavy atom. The van der Waals surface area contributed by atoms with Gasteiger partial charge < -0.3 is 10.1 Å². The average Bonchev–Trinajstić information content (AvgIpc) is 2.48. The fourth-order valence-corrected chi connectivity index (χ4v) is 1.04. The maximum Gasteiger partial charge on any atom is 0.265 e. The number of aromatic amines is 1. The Balaban J connectivity index is 3.05. The molecule has 0 unspecified atom stereocenters. The van der Waals surface area contributed by atoms with Crippen molar-refractivity contribution in [3.05, 3.63) is 28.3 Å². The topological polar surface area (TPSA) is 70.4 Å². The van der Waals surface area contributed by atoms with Crippen LogP contribution in [0.3, 0.4) is 0 Å². The standard InChI is InChI=1S/C7H7N3O2/c1-4-5(11)9-7-8-2-3-10(7)6(4)12/h2-3,11H,1H3,(H,8,9). The summed E-state index contributed by atoms with van der Waals surface area (Å²) in [6.07, 6.45) is 3.15. The number of rotatable bonds is 0. The van der Waals surface area contributed by atoms with Crippen molar-refractivity contribution in [2.24, 2.45) is 0 Å². The van der Waals surface area contributed by atoms with Gasteiger partial charge in [0.15, 0.2) is 0 Å². The molecule has 0 saturated carbocycles. The molecule has 0 saturated heterocycles. The van der Waals surface area contributed by atoms with Crippen molar-refractivity contribution >= 4 is 5.78 Å². The number of aromatic nitrogens is 3.